The molecule has 156 valence electrons. The largest absolute Gasteiger partial charge is 0.468 e. The molecule has 0 unspecified atom stereocenters. The average Bonchev–Trinajstić information content (AvgIpc) is 2.77. The minimum Gasteiger partial charge on any atom is -0.468 e. The Morgan fingerprint density at radius 1 is 0.967 bits per heavy atom. The van der Waals surface area contributed by atoms with E-state index in [0.29, 0.717) is 11.8 Å². The number of ether oxygens (including phenoxy) is 1. The maximum atomic E-state index is 9.17. The standard InChI is InChI=1S/C23H27N5O2/c29-14-9-17-7-12-27(13-8-17)22-23(25-11-10-24-22)30-19-15-28(16-19)21-6-5-18-3-1-2-4-20(18)26-21/h1-6,10-11,17,19,29H,7-9,12-16H2. The number of aliphatic hydroxyl groups is 1. The Morgan fingerprint density at radius 2 is 1.77 bits per heavy atom. The molecule has 3 aromatic rings. The molecule has 2 fully saturated rings. The zero-order valence-electron chi connectivity index (χ0n) is 17.0. The molecule has 0 saturated carbocycles. The molecule has 0 spiro atoms. The SMILES string of the molecule is OCCC1CCN(c2nccnc2OC2CN(c3ccc4ccccc4n3)C2)CC1. The Kier molecular flexibility index (Phi) is 5.36. The van der Waals surface area contributed by atoms with Gasteiger partial charge in [-0.3, -0.25) is 0 Å². The molecule has 0 radical (unpaired) electrons. The first-order chi connectivity index (χ1) is 14.8. The number of benzene rings is 1. The summed E-state index contributed by atoms with van der Waals surface area (Å²) >= 11 is 0. The number of aliphatic hydroxyl groups excluding tert-OH is 1. The van der Waals surface area contributed by atoms with Crippen molar-refractivity contribution in [2.45, 2.75) is 25.4 Å². The zero-order chi connectivity index (χ0) is 20.3. The van der Waals surface area contributed by atoms with Gasteiger partial charge in [0.15, 0.2) is 5.82 Å². The number of hydrogen-bond acceptors (Lipinski definition) is 7. The molecule has 1 N–H and O–H groups in total. The van der Waals surface area contributed by atoms with Gasteiger partial charge in [0.25, 0.3) is 5.88 Å². The van der Waals surface area contributed by atoms with Crippen molar-refractivity contribution >= 4 is 22.5 Å². The highest BCUT2D eigenvalue weighted by molar-refractivity contribution is 5.80. The van der Waals surface area contributed by atoms with E-state index in [2.05, 4.69) is 38.0 Å². The van der Waals surface area contributed by atoms with Gasteiger partial charge >= 0.3 is 0 Å². The van der Waals surface area contributed by atoms with Crippen molar-refractivity contribution in [3.8, 4) is 5.88 Å². The van der Waals surface area contributed by atoms with Gasteiger partial charge in [-0.1, -0.05) is 18.2 Å². The highest BCUT2D eigenvalue weighted by Crippen LogP contribution is 2.31. The van der Waals surface area contributed by atoms with E-state index in [4.69, 9.17) is 14.8 Å². The van der Waals surface area contributed by atoms with Crippen LogP contribution in [0.1, 0.15) is 19.3 Å². The fraction of sp³-hybridized carbons (Fsp3) is 0.435. The van der Waals surface area contributed by atoms with E-state index in [1.807, 2.05) is 18.2 Å². The number of pyridine rings is 1. The molecule has 1 aromatic carbocycles. The quantitative estimate of drug-likeness (QED) is 0.676. The van der Waals surface area contributed by atoms with Crippen molar-refractivity contribution in [1.29, 1.82) is 0 Å². The topological polar surface area (TPSA) is 74.6 Å². The molecule has 30 heavy (non-hydrogen) atoms. The summed E-state index contributed by atoms with van der Waals surface area (Å²) in [6, 6.07) is 12.4. The normalized spacial score (nSPS) is 17.9. The van der Waals surface area contributed by atoms with Crippen LogP contribution < -0.4 is 14.5 Å². The van der Waals surface area contributed by atoms with Crippen LogP contribution in [0.3, 0.4) is 0 Å². The van der Waals surface area contributed by atoms with Crippen LogP contribution in [0.25, 0.3) is 10.9 Å². The summed E-state index contributed by atoms with van der Waals surface area (Å²) in [6.45, 7) is 3.71. The fourth-order valence-electron chi connectivity index (χ4n) is 4.32. The minimum atomic E-state index is 0.0839. The first-order valence-corrected chi connectivity index (χ1v) is 10.7. The maximum absolute atomic E-state index is 9.17. The number of para-hydroxylation sites is 1. The van der Waals surface area contributed by atoms with Crippen molar-refractivity contribution in [2.75, 3.05) is 42.6 Å². The zero-order valence-corrected chi connectivity index (χ0v) is 17.0. The molecule has 0 aliphatic carbocycles. The van der Waals surface area contributed by atoms with Crippen molar-refractivity contribution in [3.05, 3.63) is 48.8 Å². The lowest BCUT2D eigenvalue weighted by Crippen LogP contribution is -2.54. The van der Waals surface area contributed by atoms with Gasteiger partial charge in [0, 0.05) is 37.5 Å². The second-order valence-corrected chi connectivity index (χ2v) is 8.13. The van der Waals surface area contributed by atoms with Gasteiger partial charge < -0.3 is 19.6 Å². The monoisotopic (exact) mass is 405 g/mol. The van der Waals surface area contributed by atoms with E-state index in [1.165, 1.54) is 0 Å². The highest BCUT2D eigenvalue weighted by atomic mass is 16.5. The van der Waals surface area contributed by atoms with Gasteiger partial charge in [-0.2, -0.15) is 0 Å². The summed E-state index contributed by atoms with van der Waals surface area (Å²) in [7, 11) is 0. The molecule has 7 heteroatoms. The van der Waals surface area contributed by atoms with Crippen LogP contribution in [-0.2, 0) is 0 Å². The Hall–Kier alpha value is -2.93. The van der Waals surface area contributed by atoms with Crippen LogP contribution in [0.2, 0.25) is 0 Å². The van der Waals surface area contributed by atoms with E-state index in [1.54, 1.807) is 12.4 Å². The molecule has 2 aliphatic rings. The second kappa shape index (κ2) is 8.44. The smallest absolute Gasteiger partial charge is 0.258 e. The van der Waals surface area contributed by atoms with E-state index >= 15 is 0 Å². The number of aromatic nitrogens is 3. The number of hydrogen-bond donors (Lipinski definition) is 1. The Bertz CT molecular complexity index is 1000. The molecule has 4 heterocycles. The van der Waals surface area contributed by atoms with E-state index in [-0.39, 0.29) is 12.7 Å². The maximum Gasteiger partial charge on any atom is 0.258 e. The fourth-order valence-corrected chi connectivity index (χ4v) is 4.32. The van der Waals surface area contributed by atoms with Crippen molar-refractivity contribution in [2.24, 2.45) is 5.92 Å². The van der Waals surface area contributed by atoms with Crippen LogP contribution in [0.4, 0.5) is 11.6 Å². The van der Waals surface area contributed by atoms with Crippen LogP contribution in [0.15, 0.2) is 48.8 Å². The first kappa shape index (κ1) is 19.1. The predicted molar refractivity (Wildman–Crippen MR) is 117 cm³/mol. The lowest BCUT2D eigenvalue weighted by molar-refractivity contribution is 0.159. The average molecular weight is 406 g/mol. The highest BCUT2D eigenvalue weighted by Gasteiger charge is 2.32. The van der Waals surface area contributed by atoms with E-state index < -0.39 is 0 Å². The van der Waals surface area contributed by atoms with Crippen molar-refractivity contribution in [1.82, 2.24) is 15.0 Å². The second-order valence-electron chi connectivity index (χ2n) is 8.13. The molecular weight excluding hydrogens is 378 g/mol. The summed E-state index contributed by atoms with van der Waals surface area (Å²) in [5, 5.41) is 10.3. The molecule has 0 atom stereocenters. The lowest BCUT2D eigenvalue weighted by Gasteiger charge is -2.40. The lowest BCUT2D eigenvalue weighted by atomic mass is 9.94. The molecular formula is C23H27N5O2. The predicted octanol–water partition coefficient (Wildman–Crippen LogP) is 2.89. The summed E-state index contributed by atoms with van der Waals surface area (Å²) in [5.41, 5.74) is 1.01. The van der Waals surface area contributed by atoms with Gasteiger partial charge in [0.05, 0.1) is 18.6 Å². The molecule has 5 rings (SSSR count). The van der Waals surface area contributed by atoms with Crippen molar-refractivity contribution in [3.63, 3.8) is 0 Å². The van der Waals surface area contributed by atoms with Crippen LogP contribution in [0.5, 0.6) is 5.88 Å². The molecule has 2 saturated heterocycles. The Labute approximate surface area is 176 Å². The summed E-state index contributed by atoms with van der Waals surface area (Å²) < 4.78 is 6.22. The Balaban J connectivity index is 1.21. The van der Waals surface area contributed by atoms with Gasteiger partial charge in [0.2, 0.25) is 0 Å². The van der Waals surface area contributed by atoms with Gasteiger partial charge in [-0.05, 0) is 43.4 Å². The van der Waals surface area contributed by atoms with Crippen LogP contribution >= 0.6 is 0 Å². The summed E-state index contributed by atoms with van der Waals surface area (Å²) in [5.74, 6) is 3.04. The molecule has 0 amide bonds. The van der Waals surface area contributed by atoms with Crippen LogP contribution in [0, 0.1) is 5.92 Å². The number of fused-ring (bicyclic) bond motifs is 1. The number of rotatable bonds is 6. The van der Waals surface area contributed by atoms with Gasteiger partial charge in [-0.25, -0.2) is 15.0 Å². The van der Waals surface area contributed by atoms with E-state index in [9.17, 15) is 0 Å². The third-order valence-electron chi connectivity index (χ3n) is 6.13. The number of anilines is 2. The Morgan fingerprint density at radius 3 is 2.60 bits per heavy atom. The van der Waals surface area contributed by atoms with Crippen molar-refractivity contribution < 1.29 is 9.84 Å². The first-order valence-electron chi connectivity index (χ1n) is 10.7. The summed E-state index contributed by atoms with van der Waals surface area (Å²) in [6.07, 6.45) is 6.54. The minimum absolute atomic E-state index is 0.0839. The number of piperidine rings is 1. The molecule has 2 aliphatic heterocycles. The third-order valence-corrected chi connectivity index (χ3v) is 6.13. The van der Waals surface area contributed by atoms with E-state index in [0.717, 1.165) is 68.0 Å². The third kappa shape index (κ3) is 3.89. The molecule has 2 aromatic heterocycles. The summed E-state index contributed by atoms with van der Waals surface area (Å²) in [4.78, 5) is 18.3. The van der Waals surface area contributed by atoms with Crippen LogP contribution in [-0.4, -0.2) is 58.9 Å². The van der Waals surface area contributed by atoms with Gasteiger partial charge in [-0.15, -0.1) is 0 Å². The molecule has 0 bridgehead atoms. The number of nitrogens with zero attached hydrogens (tertiary/aromatic N) is 5. The molecule has 7 nitrogen and oxygen atoms in total. The van der Waals surface area contributed by atoms with Gasteiger partial charge in [0.1, 0.15) is 11.9 Å².